The molecule has 0 atom stereocenters. The summed E-state index contributed by atoms with van der Waals surface area (Å²) in [6, 6.07) is 0. The first-order chi connectivity index (χ1) is 8.21. The third-order valence-corrected chi connectivity index (χ3v) is 4.68. The highest BCUT2D eigenvalue weighted by Gasteiger charge is 2.48. The average Bonchev–Trinajstić information content (AvgIpc) is 2.45. The Hall–Kier alpha value is -1.63. The van der Waals surface area contributed by atoms with Gasteiger partial charge in [0.05, 0.1) is 18.8 Å². The lowest BCUT2D eigenvalue weighted by Gasteiger charge is -2.29. The summed E-state index contributed by atoms with van der Waals surface area (Å²) in [5.41, 5.74) is -0.776. The van der Waals surface area contributed by atoms with Gasteiger partial charge in [0.15, 0.2) is 5.75 Å². The van der Waals surface area contributed by atoms with Gasteiger partial charge in [-0.25, -0.2) is 12.7 Å². The molecule has 0 unspecified atom stereocenters. The first-order valence-electron chi connectivity index (χ1n) is 5.33. The number of rotatable bonds is 1. The Bertz CT molecular complexity index is 616. The smallest absolute Gasteiger partial charge is 0.273 e. The zero-order chi connectivity index (χ0) is 13.7. The second-order valence-electron chi connectivity index (χ2n) is 4.96. The van der Waals surface area contributed by atoms with Gasteiger partial charge in [0, 0.05) is 6.20 Å². The number of carbonyl (C=O) groups is 1. The van der Waals surface area contributed by atoms with Gasteiger partial charge in [-0.15, -0.1) is 0 Å². The second kappa shape index (κ2) is 3.68. The first-order valence-corrected chi connectivity index (χ1v) is 6.77. The summed E-state index contributed by atoms with van der Waals surface area (Å²) in [6.07, 6.45) is 2.51. The van der Waals surface area contributed by atoms with Crippen LogP contribution in [0.2, 0.25) is 0 Å². The Morgan fingerprint density at radius 3 is 2.39 bits per heavy atom. The van der Waals surface area contributed by atoms with Crippen molar-refractivity contribution in [2.75, 3.05) is 7.11 Å². The van der Waals surface area contributed by atoms with Crippen molar-refractivity contribution in [2.24, 2.45) is 0 Å². The van der Waals surface area contributed by atoms with Crippen LogP contribution in [0.3, 0.4) is 0 Å². The number of amides is 1. The molecule has 18 heavy (non-hydrogen) atoms. The lowest BCUT2D eigenvalue weighted by Crippen LogP contribution is -2.45. The Labute approximate surface area is 106 Å². The fourth-order valence-corrected chi connectivity index (χ4v) is 3.83. The lowest BCUT2D eigenvalue weighted by atomic mass is 10.1. The zero-order valence-corrected chi connectivity index (χ0v) is 11.4. The van der Waals surface area contributed by atoms with E-state index in [4.69, 9.17) is 4.74 Å². The number of ether oxygens (including phenoxy) is 1. The molecule has 0 spiro atoms. The maximum absolute atomic E-state index is 12.3. The highest BCUT2D eigenvalue weighted by molar-refractivity contribution is 7.90. The minimum absolute atomic E-state index is 0.0578. The van der Waals surface area contributed by atoms with Crippen LogP contribution in [0.15, 0.2) is 17.3 Å². The number of methoxy groups -OCH3 is 1. The van der Waals surface area contributed by atoms with Gasteiger partial charge in [-0.3, -0.25) is 9.78 Å². The monoisotopic (exact) mass is 270 g/mol. The molecule has 0 aliphatic carbocycles. The standard InChI is InChI=1S/C11H14N2O4S/c1-11(2,3)13-10(14)9-7(17-4)5-12-6-8(9)18(13,15)16/h5-6H,1-4H3. The summed E-state index contributed by atoms with van der Waals surface area (Å²) in [5.74, 6) is -0.399. The first kappa shape index (κ1) is 12.8. The van der Waals surface area contributed by atoms with Gasteiger partial charge in [-0.1, -0.05) is 0 Å². The fraction of sp³-hybridized carbons (Fsp3) is 0.455. The number of aromatic nitrogens is 1. The summed E-state index contributed by atoms with van der Waals surface area (Å²) in [4.78, 5) is 16.0. The Morgan fingerprint density at radius 1 is 1.28 bits per heavy atom. The van der Waals surface area contributed by atoms with Gasteiger partial charge in [-0.2, -0.15) is 0 Å². The Kier molecular flexibility index (Phi) is 2.62. The van der Waals surface area contributed by atoms with E-state index in [2.05, 4.69) is 4.98 Å². The van der Waals surface area contributed by atoms with Crippen LogP contribution in [0.4, 0.5) is 0 Å². The molecule has 1 aromatic heterocycles. The van der Waals surface area contributed by atoms with Gasteiger partial charge in [-0.05, 0) is 20.8 Å². The van der Waals surface area contributed by atoms with E-state index in [-0.39, 0.29) is 16.2 Å². The predicted molar refractivity (Wildman–Crippen MR) is 63.9 cm³/mol. The third-order valence-electron chi connectivity index (χ3n) is 2.62. The molecule has 1 aromatic rings. The number of sulfonamides is 1. The molecule has 0 saturated carbocycles. The van der Waals surface area contributed by atoms with E-state index in [1.165, 1.54) is 19.5 Å². The molecule has 7 heteroatoms. The molecule has 0 fully saturated rings. The highest BCUT2D eigenvalue weighted by atomic mass is 32.2. The predicted octanol–water partition coefficient (Wildman–Crippen LogP) is 1.03. The van der Waals surface area contributed by atoms with E-state index in [1.807, 2.05) is 0 Å². The van der Waals surface area contributed by atoms with E-state index < -0.39 is 21.5 Å². The summed E-state index contributed by atoms with van der Waals surface area (Å²) < 4.78 is 30.5. The number of nitrogens with zero attached hydrogens (tertiary/aromatic N) is 2. The largest absolute Gasteiger partial charge is 0.494 e. The molecule has 0 N–H and O–H groups in total. The van der Waals surface area contributed by atoms with E-state index in [9.17, 15) is 13.2 Å². The molecule has 0 bridgehead atoms. The van der Waals surface area contributed by atoms with Crippen LogP contribution in [-0.4, -0.2) is 36.3 Å². The minimum Gasteiger partial charge on any atom is -0.494 e. The summed E-state index contributed by atoms with van der Waals surface area (Å²) >= 11 is 0. The van der Waals surface area contributed by atoms with E-state index in [1.54, 1.807) is 20.8 Å². The van der Waals surface area contributed by atoms with Gasteiger partial charge >= 0.3 is 0 Å². The molecule has 1 amide bonds. The van der Waals surface area contributed by atoms with Crippen LogP contribution < -0.4 is 4.74 Å². The van der Waals surface area contributed by atoms with Crippen molar-refractivity contribution in [2.45, 2.75) is 31.2 Å². The van der Waals surface area contributed by atoms with Crippen LogP contribution in [0.1, 0.15) is 31.1 Å². The van der Waals surface area contributed by atoms with Crippen molar-refractivity contribution in [3.05, 3.63) is 18.0 Å². The number of hydrogen-bond donors (Lipinski definition) is 0. The van der Waals surface area contributed by atoms with Crippen molar-refractivity contribution >= 4 is 15.9 Å². The van der Waals surface area contributed by atoms with E-state index >= 15 is 0 Å². The summed E-state index contributed by atoms with van der Waals surface area (Å²) in [6.45, 7) is 4.98. The van der Waals surface area contributed by atoms with E-state index in [0.29, 0.717) is 0 Å². The quantitative estimate of drug-likeness (QED) is 0.762. The van der Waals surface area contributed by atoms with Crippen LogP contribution in [0, 0.1) is 0 Å². The number of pyridine rings is 1. The van der Waals surface area contributed by atoms with Gasteiger partial charge < -0.3 is 4.74 Å². The summed E-state index contributed by atoms with van der Waals surface area (Å²) in [7, 11) is -2.47. The molecular weight excluding hydrogens is 256 g/mol. The molecular formula is C11H14N2O4S. The molecule has 0 radical (unpaired) electrons. The summed E-state index contributed by atoms with van der Waals surface area (Å²) in [5, 5.41) is 0. The van der Waals surface area contributed by atoms with Crippen LogP contribution in [0.25, 0.3) is 0 Å². The van der Waals surface area contributed by atoms with E-state index in [0.717, 1.165) is 4.31 Å². The second-order valence-corrected chi connectivity index (χ2v) is 6.72. The van der Waals surface area contributed by atoms with Crippen molar-refractivity contribution in [3.63, 3.8) is 0 Å². The normalized spacial score (nSPS) is 17.8. The zero-order valence-electron chi connectivity index (χ0n) is 10.6. The Morgan fingerprint density at radius 2 is 1.89 bits per heavy atom. The molecule has 0 saturated heterocycles. The molecule has 98 valence electrons. The molecule has 1 aliphatic heterocycles. The van der Waals surface area contributed by atoms with Crippen LogP contribution >= 0.6 is 0 Å². The SMILES string of the molecule is COc1cncc2c1C(=O)N(C(C)(C)C)S2(=O)=O. The molecule has 1 aliphatic rings. The maximum Gasteiger partial charge on any atom is 0.273 e. The van der Waals surface area contributed by atoms with Gasteiger partial charge in [0.25, 0.3) is 15.9 Å². The number of fused-ring (bicyclic) bond motifs is 1. The number of carbonyl (C=O) groups excluding carboxylic acids is 1. The highest BCUT2D eigenvalue weighted by Crippen LogP contribution is 2.38. The average molecular weight is 270 g/mol. The molecule has 2 heterocycles. The van der Waals surface area contributed by atoms with Crippen molar-refractivity contribution in [1.29, 1.82) is 0 Å². The van der Waals surface area contributed by atoms with Crippen LogP contribution in [-0.2, 0) is 10.0 Å². The molecule has 2 rings (SSSR count). The van der Waals surface area contributed by atoms with Crippen molar-refractivity contribution in [1.82, 2.24) is 9.29 Å². The minimum atomic E-state index is -3.84. The van der Waals surface area contributed by atoms with Gasteiger partial charge in [0.1, 0.15) is 10.5 Å². The van der Waals surface area contributed by atoms with Crippen molar-refractivity contribution in [3.8, 4) is 5.75 Å². The fourth-order valence-electron chi connectivity index (χ4n) is 1.96. The maximum atomic E-state index is 12.3. The lowest BCUT2D eigenvalue weighted by molar-refractivity contribution is 0.0784. The molecule has 0 aromatic carbocycles. The van der Waals surface area contributed by atoms with Crippen LogP contribution in [0.5, 0.6) is 5.75 Å². The Balaban J connectivity index is 2.77. The number of hydrogen-bond acceptors (Lipinski definition) is 5. The van der Waals surface area contributed by atoms with Gasteiger partial charge in [0.2, 0.25) is 0 Å². The van der Waals surface area contributed by atoms with Crippen molar-refractivity contribution < 1.29 is 17.9 Å². The molecule has 6 nitrogen and oxygen atoms in total. The third kappa shape index (κ3) is 1.58. The topological polar surface area (TPSA) is 76.6 Å².